The predicted molar refractivity (Wildman–Crippen MR) is 130 cm³/mol. The second kappa shape index (κ2) is 7.67. The van der Waals surface area contributed by atoms with Gasteiger partial charge in [0.2, 0.25) is 0 Å². The fraction of sp³-hybridized carbons (Fsp3) is 0. The highest BCUT2D eigenvalue weighted by Crippen LogP contribution is 2.37. The third kappa shape index (κ3) is 3.38. The second-order valence-corrected chi connectivity index (χ2v) is 7.71. The Morgan fingerprint density at radius 3 is 1.50 bits per heavy atom. The number of aromatic hydroxyl groups is 4. The molecule has 0 atom stereocenters. The van der Waals surface area contributed by atoms with Crippen molar-refractivity contribution in [2.75, 3.05) is 0 Å². The van der Waals surface area contributed by atoms with Crippen LogP contribution < -0.4 is 0 Å². The lowest BCUT2D eigenvalue weighted by Crippen LogP contribution is -1.79. The summed E-state index contributed by atoms with van der Waals surface area (Å²) in [6.45, 7) is 0. The van der Waals surface area contributed by atoms with Crippen molar-refractivity contribution in [3.8, 4) is 23.0 Å². The third-order valence-electron chi connectivity index (χ3n) is 5.65. The SMILES string of the molecule is Oc1cc2cc3ccccc3cc2cc1O.Oc1cccc2c(O)c3ccccc3cc12. The van der Waals surface area contributed by atoms with E-state index < -0.39 is 0 Å². The lowest BCUT2D eigenvalue weighted by atomic mass is 10.0. The van der Waals surface area contributed by atoms with Gasteiger partial charge in [-0.15, -0.1) is 0 Å². The number of rotatable bonds is 0. The molecule has 6 aromatic carbocycles. The summed E-state index contributed by atoms with van der Waals surface area (Å²) in [5.74, 6) is 0.258. The fourth-order valence-corrected chi connectivity index (χ4v) is 4.02. The van der Waals surface area contributed by atoms with Crippen molar-refractivity contribution in [1.82, 2.24) is 0 Å². The Morgan fingerprint density at radius 2 is 0.875 bits per heavy atom. The number of phenolic OH excluding ortho intramolecular Hbond substituents is 4. The molecule has 0 bridgehead atoms. The molecule has 0 aliphatic carbocycles. The van der Waals surface area contributed by atoms with Gasteiger partial charge in [-0.2, -0.15) is 0 Å². The second-order valence-electron chi connectivity index (χ2n) is 7.71. The standard InChI is InChI=1S/2C14H10O2/c15-13-7-3-6-11-12(13)8-9-4-1-2-5-10(9)14(11)16;15-13-7-11-5-9-3-1-2-4-10(9)6-12(11)8-14(13)16/h2*1-8,15-16H. The zero-order chi connectivity index (χ0) is 22.2. The van der Waals surface area contributed by atoms with Crippen molar-refractivity contribution in [2.24, 2.45) is 0 Å². The van der Waals surface area contributed by atoms with Crippen molar-refractivity contribution < 1.29 is 20.4 Å². The first-order valence-corrected chi connectivity index (χ1v) is 10.2. The molecule has 4 nitrogen and oxygen atoms in total. The van der Waals surface area contributed by atoms with Crippen LogP contribution in [0, 0.1) is 0 Å². The molecular formula is C28H20O4. The van der Waals surface area contributed by atoms with Crippen molar-refractivity contribution in [2.45, 2.75) is 0 Å². The summed E-state index contributed by atoms with van der Waals surface area (Å²) in [7, 11) is 0. The van der Waals surface area contributed by atoms with Gasteiger partial charge >= 0.3 is 0 Å². The smallest absolute Gasteiger partial charge is 0.158 e. The largest absolute Gasteiger partial charge is 0.507 e. The molecule has 32 heavy (non-hydrogen) atoms. The van der Waals surface area contributed by atoms with Crippen LogP contribution in [0.5, 0.6) is 23.0 Å². The summed E-state index contributed by atoms with van der Waals surface area (Å²) in [4.78, 5) is 0. The maximum absolute atomic E-state index is 10.1. The van der Waals surface area contributed by atoms with Crippen molar-refractivity contribution in [3.05, 3.63) is 97.1 Å². The molecule has 0 saturated carbocycles. The quantitative estimate of drug-likeness (QED) is 0.161. The van der Waals surface area contributed by atoms with Crippen LogP contribution in [0.15, 0.2) is 97.1 Å². The lowest BCUT2D eigenvalue weighted by Gasteiger charge is -2.07. The minimum atomic E-state index is -0.0808. The Balaban J connectivity index is 0.000000135. The maximum atomic E-state index is 10.1. The Hall–Kier alpha value is -4.44. The van der Waals surface area contributed by atoms with Gasteiger partial charge in [0.05, 0.1) is 0 Å². The minimum Gasteiger partial charge on any atom is -0.507 e. The lowest BCUT2D eigenvalue weighted by molar-refractivity contribution is 0.405. The van der Waals surface area contributed by atoms with E-state index in [-0.39, 0.29) is 23.0 Å². The van der Waals surface area contributed by atoms with Crippen LogP contribution in [0.25, 0.3) is 43.1 Å². The molecule has 0 aliphatic rings. The molecule has 0 aliphatic heterocycles. The Labute approximate surface area is 183 Å². The molecule has 0 amide bonds. The first-order valence-electron chi connectivity index (χ1n) is 10.2. The summed E-state index contributed by atoms with van der Waals surface area (Å²) in [5, 5.41) is 45.9. The average Bonchev–Trinajstić information content (AvgIpc) is 2.80. The van der Waals surface area contributed by atoms with Gasteiger partial charge in [0.25, 0.3) is 0 Å². The first-order chi connectivity index (χ1) is 15.5. The normalized spacial score (nSPS) is 11.0. The van der Waals surface area contributed by atoms with Crippen LogP contribution in [-0.4, -0.2) is 20.4 Å². The fourth-order valence-electron chi connectivity index (χ4n) is 4.02. The van der Waals surface area contributed by atoms with Crippen molar-refractivity contribution in [3.63, 3.8) is 0 Å². The van der Waals surface area contributed by atoms with E-state index in [9.17, 15) is 20.4 Å². The molecule has 4 heteroatoms. The summed E-state index contributed by atoms with van der Waals surface area (Å²) in [5.41, 5.74) is 0. The molecule has 156 valence electrons. The zero-order valence-electron chi connectivity index (χ0n) is 17.0. The summed E-state index contributed by atoms with van der Waals surface area (Å²) >= 11 is 0. The van der Waals surface area contributed by atoms with E-state index in [1.165, 1.54) is 0 Å². The molecule has 0 saturated heterocycles. The van der Waals surface area contributed by atoms with Gasteiger partial charge in [-0.3, -0.25) is 0 Å². The van der Waals surface area contributed by atoms with Gasteiger partial charge in [-0.25, -0.2) is 0 Å². The highest BCUT2D eigenvalue weighted by Gasteiger charge is 2.08. The van der Waals surface area contributed by atoms with Crippen LogP contribution in [0.1, 0.15) is 0 Å². The van der Waals surface area contributed by atoms with Gasteiger partial charge in [-0.1, -0.05) is 60.7 Å². The molecule has 0 radical (unpaired) electrons. The molecule has 6 aromatic rings. The topological polar surface area (TPSA) is 80.9 Å². The number of phenols is 4. The highest BCUT2D eigenvalue weighted by atomic mass is 16.3. The van der Waals surface area contributed by atoms with Crippen LogP contribution in [0.2, 0.25) is 0 Å². The van der Waals surface area contributed by atoms with Crippen LogP contribution in [0.4, 0.5) is 0 Å². The van der Waals surface area contributed by atoms with E-state index in [0.29, 0.717) is 10.8 Å². The minimum absolute atomic E-state index is 0.0808. The molecule has 0 spiro atoms. The maximum Gasteiger partial charge on any atom is 0.158 e. The number of hydrogen-bond acceptors (Lipinski definition) is 4. The monoisotopic (exact) mass is 420 g/mol. The number of hydrogen-bond donors (Lipinski definition) is 4. The Bertz CT molecular complexity index is 1560. The van der Waals surface area contributed by atoms with Crippen LogP contribution in [-0.2, 0) is 0 Å². The van der Waals surface area contributed by atoms with Gasteiger partial charge in [0.1, 0.15) is 11.5 Å². The Morgan fingerprint density at radius 1 is 0.344 bits per heavy atom. The highest BCUT2D eigenvalue weighted by molar-refractivity contribution is 6.07. The average molecular weight is 420 g/mol. The predicted octanol–water partition coefficient (Wildman–Crippen LogP) is 6.81. The Kier molecular flexibility index (Phi) is 4.68. The number of benzene rings is 6. The molecular weight excluding hydrogens is 400 g/mol. The summed E-state index contributed by atoms with van der Waals surface area (Å²) in [6, 6.07) is 29.8. The van der Waals surface area contributed by atoms with E-state index in [4.69, 9.17) is 0 Å². The van der Waals surface area contributed by atoms with Gasteiger partial charge in [0, 0.05) is 16.2 Å². The molecule has 6 rings (SSSR count). The molecule has 0 aromatic heterocycles. The molecule has 0 fully saturated rings. The van der Waals surface area contributed by atoms with E-state index in [1.807, 2.05) is 66.7 Å². The van der Waals surface area contributed by atoms with Crippen molar-refractivity contribution >= 4 is 43.1 Å². The van der Waals surface area contributed by atoms with Crippen LogP contribution >= 0.6 is 0 Å². The summed E-state index contributed by atoms with van der Waals surface area (Å²) in [6.07, 6.45) is 0. The van der Waals surface area contributed by atoms with E-state index in [0.717, 1.165) is 32.3 Å². The summed E-state index contributed by atoms with van der Waals surface area (Å²) < 4.78 is 0. The molecule has 0 unspecified atom stereocenters. The van der Waals surface area contributed by atoms with Gasteiger partial charge in [-0.05, 0) is 63.3 Å². The van der Waals surface area contributed by atoms with Gasteiger partial charge in [0.15, 0.2) is 11.5 Å². The van der Waals surface area contributed by atoms with E-state index in [1.54, 1.807) is 30.3 Å². The van der Waals surface area contributed by atoms with E-state index >= 15 is 0 Å². The third-order valence-corrected chi connectivity index (χ3v) is 5.65. The zero-order valence-corrected chi connectivity index (χ0v) is 17.0. The molecule has 0 heterocycles. The number of fused-ring (bicyclic) bond motifs is 4. The first kappa shape index (κ1) is 19.5. The van der Waals surface area contributed by atoms with Crippen LogP contribution in [0.3, 0.4) is 0 Å². The van der Waals surface area contributed by atoms with Gasteiger partial charge < -0.3 is 20.4 Å². The van der Waals surface area contributed by atoms with Crippen molar-refractivity contribution in [1.29, 1.82) is 0 Å². The molecule has 4 N–H and O–H groups in total. The van der Waals surface area contributed by atoms with E-state index in [2.05, 4.69) is 0 Å².